The molecule has 6 nitrogen and oxygen atoms in total. The minimum atomic E-state index is -0.969. The minimum absolute atomic E-state index is 0.242. The Morgan fingerprint density at radius 2 is 2.14 bits per heavy atom. The van der Waals surface area contributed by atoms with Gasteiger partial charge in [-0.15, -0.1) is 0 Å². The van der Waals surface area contributed by atoms with Crippen LogP contribution in [-0.2, 0) is 0 Å². The lowest BCUT2D eigenvalue weighted by Crippen LogP contribution is -2.14. The number of phenolic OH excluding ortho intramolecular Hbond substituents is 1. The van der Waals surface area contributed by atoms with Crippen LogP contribution in [0.3, 0.4) is 0 Å². The maximum Gasteiger partial charge on any atom is 0.259 e. The van der Waals surface area contributed by atoms with Crippen LogP contribution in [0.25, 0.3) is 11.3 Å². The van der Waals surface area contributed by atoms with Crippen molar-refractivity contribution < 1.29 is 14.3 Å². The van der Waals surface area contributed by atoms with E-state index in [2.05, 4.69) is 20.5 Å². The largest absolute Gasteiger partial charge is 0.505 e. The molecule has 0 bridgehead atoms. The Labute approximate surface area is 124 Å². The first-order valence-electron chi connectivity index (χ1n) is 6.40. The molecule has 0 aliphatic heterocycles. The molecule has 2 aromatic heterocycles. The molecule has 3 N–H and O–H groups in total. The van der Waals surface area contributed by atoms with Gasteiger partial charge in [0.2, 0.25) is 0 Å². The Morgan fingerprint density at radius 1 is 1.27 bits per heavy atom. The third-order valence-electron chi connectivity index (χ3n) is 3.01. The first-order valence-corrected chi connectivity index (χ1v) is 6.40. The summed E-state index contributed by atoms with van der Waals surface area (Å²) in [5.41, 5.74) is 1.21. The summed E-state index contributed by atoms with van der Waals surface area (Å²) in [5, 5.41) is 18.4. The van der Waals surface area contributed by atoms with Gasteiger partial charge in [-0.2, -0.15) is 5.10 Å². The number of hydrogen-bond donors (Lipinski definition) is 3. The first-order chi connectivity index (χ1) is 10.6. The second-order valence-corrected chi connectivity index (χ2v) is 4.50. The molecule has 110 valence electrons. The van der Waals surface area contributed by atoms with Gasteiger partial charge in [-0.25, -0.2) is 4.39 Å². The average molecular weight is 298 g/mol. The van der Waals surface area contributed by atoms with Crippen molar-refractivity contribution in [1.29, 1.82) is 0 Å². The van der Waals surface area contributed by atoms with Gasteiger partial charge in [0, 0.05) is 24.0 Å². The number of phenols is 1. The van der Waals surface area contributed by atoms with Gasteiger partial charge in [0.25, 0.3) is 5.91 Å². The number of H-pyrrole nitrogens is 1. The predicted octanol–water partition coefficient (Wildman–Crippen LogP) is 2.57. The van der Waals surface area contributed by atoms with Crippen LogP contribution in [0.4, 0.5) is 10.2 Å². The summed E-state index contributed by atoms with van der Waals surface area (Å²) in [7, 11) is 0. The number of rotatable bonds is 3. The van der Waals surface area contributed by atoms with Crippen LogP contribution in [0.5, 0.6) is 5.75 Å². The second-order valence-electron chi connectivity index (χ2n) is 4.50. The number of aromatic hydroxyl groups is 1. The maximum absolute atomic E-state index is 13.7. The topological polar surface area (TPSA) is 90.9 Å². The third kappa shape index (κ3) is 2.64. The Balaban J connectivity index is 1.81. The summed E-state index contributed by atoms with van der Waals surface area (Å²) in [4.78, 5) is 16.0. The number of carbonyl (C=O) groups is 1. The van der Waals surface area contributed by atoms with E-state index in [9.17, 15) is 14.3 Å². The molecule has 7 heteroatoms. The Hall–Kier alpha value is -3.22. The molecule has 0 spiro atoms. The molecule has 0 fully saturated rings. The van der Waals surface area contributed by atoms with E-state index in [-0.39, 0.29) is 11.4 Å². The smallest absolute Gasteiger partial charge is 0.259 e. The number of benzene rings is 1. The Morgan fingerprint density at radius 3 is 2.91 bits per heavy atom. The number of nitrogens with zero attached hydrogens (tertiary/aromatic N) is 2. The van der Waals surface area contributed by atoms with Crippen LogP contribution in [0.1, 0.15) is 10.4 Å². The van der Waals surface area contributed by atoms with E-state index in [4.69, 9.17) is 0 Å². The molecular weight excluding hydrogens is 287 g/mol. The lowest BCUT2D eigenvalue weighted by atomic mass is 10.2. The summed E-state index contributed by atoms with van der Waals surface area (Å²) >= 11 is 0. The van der Waals surface area contributed by atoms with E-state index in [0.717, 1.165) is 5.56 Å². The molecule has 1 aromatic carbocycles. The van der Waals surface area contributed by atoms with E-state index in [1.54, 1.807) is 24.5 Å². The van der Waals surface area contributed by atoms with Crippen LogP contribution >= 0.6 is 0 Å². The summed E-state index contributed by atoms with van der Waals surface area (Å²) in [5.74, 6) is -2.00. The van der Waals surface area contributed by atoms with Gasteiger partial charge >= 0.3 is 0 Å². The zero-order valence-electron chi connectivity index (χ0n) is 11.2. The molecule has 3 rings (SSSR count). The fraction of sp³-hybridized carbons (Fsp3) is 0. The van der Waals surface area contributed by atoms with Crippen LogP contribution in [0.2, 0.25) is 0 Å². The number of pyridine rings is 1. The fourth-order valence-corrected chi connectivity index (χ4v) is 1.93. The number of halogens is 1. The number of aromatic nitrogens is 3. The van der Waals surface area contributed by atoms with Gasteiger partial charge in [0.05, 0.1) is 11.3 Å². The summed E-state index contributed by atoms with van der Waals surface area (Å²) in [6, 6.07) is 9.05. The van der Waals surface area contributed by atoms with E-state index in [0.29, 0.717) is 5.69 Å². The number of amides is 1. The van der Waals surface area contributed by atoms with Crippen molar-refractivity contribution in [1.82, 2.24) is 15.2 Å². The molecule has 0 unspecified atom stereocenters. The number of aromatic amines is 1. The number of carbonyl (C=O) groups excluding carboxylic acids is 1. The van der Waals surface area contributed by atoms with Gasteiger partial charge in [-0.3, -0.25) is 14.9 Å². The van der Waals surface area contributed by atoms with Crippen LogP contribution < -0.4 is 5.32 Å². The molecule has 0 aliphatic carbocycles. The van der Waals surface area contributed by atoms with Crippen molar-refractivity contribution in [2.75, 3.05) is 5.32 Å². The fourth-order valence-electron chi connectivity index (χ4n) is 1.93. The van der Waals surface area contributed by atoms with E-state index < -0.39 is 17.5 Å². The molecule has 22 heavy (non-hydrogen) atoms. The van der Waals surface area contributed by atoms with Gasteiger partial charge in [-0.1, -0.05) is 6.07 Å². The van der Waals surface area contributed by atoms with Gasteiger partial charge < -0.3 is 10.4 Å². The van der Waals surface area contributed by atoms with Crippen molar-refractivity contribution in [2.45, 2.75) is 0 Å². The molecule has 1 amide bonds. The minimum Gasteiger partial charge on any atom is -0.505 e. The van der Waals surface area contributed by atoms with Gasteiger partial charge in [-0.05, 0) is 24.3 Å². The second kappa shape index (κ2) is 5.65. The van der Waals surface area contributed by atoms with E-state index >= 15 is 0 Å². The van der Waals surface area contributed by atoms with Crippen molar-refractivity contribution in [3.05, 3.63) is 60.2 Å². The zero-order chi connectivity index (χ0) is 15.5. The highest BCUT2D eigenvalue weighted by Gasteiger charge is 2.16. The average Bonchev–Trinajstić information content (AvgIpc) is 2.99. The lowest BCUT2D eigenvalue weighted by molar-refractivity contribution is 0.102. The molecule has 0 saturated carbocycles. The van der Waals surface area contributed by atoms with Crippen molar-refractivity contribution in [3.8, 4) is 17.0 Å². The Kier molecular flexibility index (Phi) is 3.53. The van der Waals surface area contributed by atoms with Gasteiger partial charge in [0.1, 0.15) is 0 Å². The van der Waals surface area contributed by atoms with Crippen LogP contribution in [-0.4, -0.2) is 26.2 Å². The van der Waals surface area contributed by atoms with Crippen LogP contribution in [0, 0.1) is 5.82 Å². The maximum atomic E-state index is 13.7. The summed E-state index contributed by atoms with van der Waals surface area (Å²) < 4.78 is 13.7. The molecule has 0 saturated heterocycles. The van der Waals surface area contributed by atoms with Crippen molar-refractivity contribution in [2.24, 2.45) is 0 Å². The Bertz CT molecular complexity index is 817. The standard InChI is InChI=1S/C15H11FN4O2/c16-14-10(4-1-5-12(14)21)15(22)18-13-7-11(19-20-13)9-3-2-6-17-8-9/h1-8,21H,(H2,18,19,20,22). The normalized spacial score (nSPS) is 10.4. The summed E-state index contributed by atoms with van der Waals surface area (Å²) in [6.07, 6.45) is 3.29. The molecule has 0 atom stereocenters. The SMILES string of the molecule is O=C(Nc1cc(-c2cccnc2)[nH]n1)c1cccc(O)c1F. The highest BCUT2D eigenvalue weighted by atomic mass is 19.1. The molecule has 3 aromatic rings. The molecule has 0 aliphatic rings. The lowest BCUT2D eigenvalue weighted by Gasteiger charge is -2.04. The summed E-state index contributed by atoms with van der Waals surface area (Å²) in [6.45, 7) is 0. The number of nitrogens with one attached hydrogen (secondary N) is 2. The number of hydrogen-bond acceptors (Lipinski definition) is 4. The monoisotopic (exact) mass is 298 g/mol. The first kappa shape index (κ1) is 13.7. The predicted molar refractivity (Wildman–Crippen MR) is 77.8 cm³/mol. The molecular formula is C15H11FN4O2. The highest BCUT2D eigenvalue weighted by Crippen LogP contribution is 2.21. The zero-order valence-corrected chi connectivity index (χ0v) is 11.2. The van der Waals surface area contributed by atoms with Gasteiger partial charge in [0.15, 0.2) is 17.4 Å². The van der Waals surface area contributed by atoms with Crippen molar-refractivity contribution in [3.63, 3.8) is 0 Å². The van der Waals surface area contributed by atoms with Crippen LogP contribution in [0.15, 0.2) is 48.8 Å². The third-order valence-corrected chi connectivity index (χ3v) is 3.01. The molecule has 0 radical (unpaired) electrons. The number of anilines is 1. The van der Waals surface area contributed by atoms with E-state index in [1.165, 1.54) is 18.2 Å². The quantitative estimate of drug-likeness (QED) is 0.693. The van der Waals surface area contributed by atoms with E-state index in [1.807, 2.05) is 6.07 Å². The highest BCUT2D eigenvalue weighted by molar-refractivity contribution is 6.04. The van der Waals surface area contributed by atoms with Crippen molar-refractivity contribution >= 4 is 11.7 Å². The molecule has 2 heterocycles.